The van der Waals surface area contributed by atoms with Crippen molar-refractivity contribution in [2.24, 2.45) is 0 Å². The maximum Gasteiger partial charge on any atom is 0.141 e. The molecule has 3 aliphatic heterocycles. The van der Waals surface area contributed by atoms with Crippen molar-refractivity contribution in [3.05, 3.63) is 46.5 Å². The first kappa shape index (κ1) is 13.0. The van der Waals surface area contributed by atoms with E-state index in [-0.39, 0.29) is 0 Å². The third-order valence-corrected chi connectivity index (χ3v) is 5.97. The van der Waals surface area contributed by atoms with Crippen LogP contribution in [0.25, 0.3) is 0 Å². The minimum Gasteiger partial charge on any atom is -0.455 e. The Morgan fingerprint density at radius 2 is 1.73 bits per heavy atom. The van der Waals surface area contributed by atoms with Crippen molar-refractivity contribution in [2.45, 2.75) is 35.7 Å². The lowest BCUT2D eigenvalue weighted by Gasteiger charge is -2.28. The van der Waals surface area contributed by atoms with E-state index in [9.17, 15) is 0 Å². The molecule has 2 aromatic rings. The highest BCUT2D eigenvalue weighted by atomic mass is 32.2. The number of hydrogen-bond donors (Lipinski definition) is 2. The summed E-state index contributed by atoms with van der Waals surface area (Å²) in [5.41, 5.74) is 5.76. The van der Waals surface area contributed by atoms with E-state index in [0.717, 1.165) is 50.5 Å². The number of benzene rings is 2. The molecule has 2 aromatic carbocycles. The molecule has 3 heterocycles. The van der Waals surface area contributed by atoms with Crippen LogP contribution in [0.3, 0.4) is 0 Å². The van der Waals surface area contributed by atoms with Gasteiger partial charge in [0.15, 0.2) is 0 Å². The van der Waals surface area contributed by atoms with Gasteiger partial charge in [-0.15, -0.1) is 0 Å². The molecule has 112 valence electrons. The minimum absolute atomic E-state index is 0.956. The maximum atomic E-state index is 6.23. The smallest absolute Gasteiger partial charge is 0.141 e. The Morgan fingerprint density at radius 3 is 2.68 bits per heavy atom. The molecule has 0 bridgehead atoms. The third-order valence-electron chi connectivity index (χ3n) is 4.78. The second kappa shape index (κ2) is 5.01. The van der Waals surface area contributed by atoms with Gasteiger partial charge in [-0.25, -0.2) is 0 Å². The topological polar surface area (TPSA) is 33.3 Å². The van der Waals surface area contributed by atoms with E-state index in [2.05, 4.69) is 34.9 Å². The first-order valence-corrected chi connectivity index (χ1v) is 8.78. The van der Waals surface area contributed by atoms with E-state index in [1.807, 2.05) is 11.8 Å². The fraction of sp³-hybridized carbons (Fsp3) is 0.333. The van der Waals surface area contributed by atoms with Gasteiger partial charge in [0.1, 0.15) is 11.5 Å². The summed E-state index contributed by atoms with van der Waals surface area (Å²) in [4.78, 5) is 2.58. The largest absolute Gasteiger partial charge is 0.455 e. The molecule has 0 fully saturated rings. The summed E-state index contributed by atoms with van der Waals surface area (Å²) in [5.74, 6) is 2.03. The Kier molecular flexibility index (Phi) is 2.96. The molecule has 0 saturated carbocycles. The van der Waals surface area contributed by atoms with Gasteiger partial charge in [-0.1, -0.05) is 17.8 Å². The Balaban J connectivity index is 1.61. The predicted molar refractivity (Wildman–Crippen MR) is 87.9 cm³/mol. The second-order valence-electron chi connectivity index (χ2n) is 6.16. The molecule has 5 rings (SSSR count). The van der Waals surface area contributed by atoms with E-state index >= 15 is 0 Å². The molecular formula is C18H18N2OS. The summed E-state index contributed by atoms with van der Waals surface area (Å²) in [6.45, 7) is 4.07. The van der Waals surface area contributed by atoms with Crippen molar-refractivity contribution >= 4 is 11.8 Å². The molecule has 3 aliphatic rings. The van der Waals surface area contributed by atoms with Crippen LogP contribution in [0.2, 0.25) is 0 Å². The molecule has 0 aliphatic carbocycles. The summed E-state index contributed by atoms with van der Waals surface area (Å²) < 4.78 is 6.23. The van der Waals surface area contributed by atoms with Gasteiger partial charge in [0.2, 0.25) is 0 Å². The molecule has 0 aromatic heterocycles. The van der Waals surface area contributed by atoms with E-state index < -0.39 is 0 Å². The van der Waals surface area contributed by atoms with Crippen LogP contribution >= 0.6 is 11.8 Å². The van der Waals surface area contributed by atoms with E-state index in [1.165, 1.54) is 32.0 Å². The molecular weight excluding hydrogens is 292 g/mol. The zero-order valence-electron chi connectivity index (χ0n) is 12.4. The van der Waals surface area contributed by atoms with Crippen molar-refractivity contribution in [2.75, 3.05) is 13.1 Å². The second-order valence-corrected chi connectivity index (χ2v) is 7.21. The Hall–Kier alpha value is -1.49. The van der Waals surface area contributed by atoms with Gasteiger partial charge in [0.25, 0.3) is 0 Å². The Bertz CT molecular complexity index is 770. The molecule has 0 radical (unpaired) electrons. The van der Waals surface area contributed by atoms with Gasteiger partial charge in [-0.3, -0.25) is 0 Å². The highest BCUT2D eigenvalue weighted by molar-refractivity contribution is 7.99. The van der Waals surface area contributed by atoms with Crippen molar-refractivity contribution in [1.29, 1.82) is 0 Å². The Morgan fingerprint density at radius 1 is 0.864 bits per heavy atom. The van der Waals surface area contributed by atoms with Crippen LogP contribution in [0.5, 0.6) is 11.5 Å². The van der Waals surface area contributed by atoms with E-state index in [1.54, 1.807) is 0 Å². The van der Waals surface area contributed by atoms with Crippen LogP contribution in [0.4, 0.5) is 0 Å². The lowest BCUT2D eigenvalue weighted by Crippen LogP contribution is -2.25. The summed E-state index contributed by atoms with van der Waals surface area (Å²) in [6, 6.07) is 8.95. The number of ether oxygens (including phenoxy) is 1. The van der Waals surface area contributed by atoms with E-state index in [0.29, 0.717) is 0 Å². The Labute approximate surface area is 134 Å². The van der Waals surface area contributed by atoms with Crippen LogP contribution in [0.1, 0.15) is 22.3 Å². The average molecular weight is 310 g/mol. The van der Waals surface area contributed by atoms with Crippen molar-refractivity contribution in [3.8, 4) is 11.5 Å². The summed E-state index contributed by atoms with van der Waals surface area (Å²) in [7, 11) is 0. The molecule has 22 heavy (non-hydrogen) atoms. The maximum absolute atomic E-state index is 6.23. The predicted octanol–water partition coefficient (Wildman–Crippen LogP) is 3.23. The number of nitrogens with one attached hydrogen (secondary N) is 2. The zero-order chi connectivity index (χ0) is 14.5. The molecule has 2 N–H and O–H groups in total. The molecule has 0 spiro atoms. The first-order valence-electron chi connectivity index (χ1n) is 7.96. The lowest BCUT2D eigenvalue weighted by atomic mass is 10.00. The van der Waals surface area contributed by atoms with Crippen LogP contribution < -0.4 is 15.4 Å². The minimum atomic E-state index is 0.956. The van der Waals surface area contributed by atoms with Gasteiger partial charge < -0.3 is 15.4 Å². The molecule has 3 nitrogen and oxygen atoms in total. The van der Waals surface area contributed by atoms with Gasteiger partial charge in [0, 0.05) is 13.1 Å². The van der Waals surface area contributed by atoms with Crippen LogP contribution in [-0.2, 0) is 25.9 Å². The fourth-order valence-corrected chi connectivity index (χ4v) is 4.74. The number of hydrogen-bond acceptors (Lipinski definition) is 4. The summed E-state index contributed by atoms with van der Waals surface area (Å²) in [6.07, 6.45) is 2.23. The van der Waals surface area contributed by atoms with Crippen LogP contribution in [-0.4, -0.2) is 13.1 Å². The summed E-state index contributed by atoms with van der Waals surface area (Å²) in [5, 5.41) is 6.92. The summed E-state index contributed by atoms with van der Waals surface area (Å²) >= 11 is 1.88. The van der Waals surface area contributed by atoms with Gasteiger partial charge in [-0.05, 0) is 66.4 Å². The van der Waals surface area contributed by atoms with Crippen LogP contribution in [0.15, 0.2) is 34.1 Å². The van der Waals surface area contributed by atoms with Crippen molar-refractivity contribution in [3.63, 3.8) is 0 Å². The molecule has 0 atom stereocenters. The first-order chi connectivity index (χ1) is 10.9. The highest BCUT2D eigenvalue weighted by Gasteiger charge is 2.25. The van der Waals surface area contributed by atoms with Gasteiger partial charge in [-0.2, -0.15) is 0 Å². The zero-order valence-corrected chi connectivity index (χ0v) is 13.2. The highest BCUT2D eigenvalue weighted by Crippen LogP contribution is 2.50. The number of fused-ring (bicyclic) bond motifs is 5. The molecule has 0 amide bonds. The lowest BCUT2D eigenvalue weighted by molar-refractivity contribution is 0.448. The van der Waals surface area contributed by atoms with Gasteiger partial charge >= 0.3 is 0 Å². The monoisotopic (exact) mass is 310 g/mol. The fourth-order valence-electron chi connectivity index (χ4n) is 3.58. The molecule has 0 saturated heterocycles. The third kappa shape index (κ3) is 1.98. The molecule has 0 unspecified atom stereocenters. The van der Waals surface area contributed by atoms with Gasteiger partial charge in [0.05, 0.1) is 9.79 Å². The van der Waals surface area contributed by atoms with E-state index in [4.69, 9.17) is 4.74 Å². The average Bonchev–Trinajstić information content (AvgIpc) is 2.58. The van der Waals surface area contributed by atoms with Crippen LogP contribution in [0, 0.1) is 0 Å². The number of rotatable bonds is 0. The van der Waals surface area contributed by atoms with Crippen molar-refractivity contribution < 1.29 is 4.74 Å². The normalized spacial score (nSPS) is 18.5. The molecule has 4 heteroatoms. The SMILES string of the molecule is c1cc2c(c3c1CCNC3)Sc1cc3c(cc1O2)CNCC3. The quantitative estimate of drug-likeness (QED) is 0.668. The standard InChI is InChI=1S/C18H18N2OS/c1-2-15-18(14-10-20-5-3-11(1)14)22-17-8-12-4-6-19-9-13(12)7-16(17)21-15/h1-2,7-8,19-20H,3-6,9-10H2. The van der Waals surface area contributed by atoms with Crippen molar-refractivity contribution in [1.82, 2.24) is 10.6 Å².